The van der Waals surface area contributed by atoms with E-state index in [9.17, 15) is 14.7 Å². The molecule has 0 unspecified atom stereocenters. The Kier molecular flexibility index (Phi) is 8.40. The van der Waals surface area contributed by atoms with E-state index in [-0.39, 0.29) is 11.3 Å². The van der Waals surface area contributed by atoms with E-state index in [1.54, 1.807) is 6.07 Å². The maximum Gasteiger partial charge on any atom is 0.335 e. The number of nitrogens with one attached hydrogen (secondary N) is 1. The first-order valence-corrected chi connectivity index (χ1v) is 11.4. The molecule has 0 aliphatic carbocycles. The van der Waals surface area contributed by atoms with Gasteiger partial charge in [0.1, 0.15) is 11.3 Å². The minimum atomic E-state index is -1.03. The molecule has 0 spiro atoms. The number of unbranched alkanes of at least 4 members (excludes halogenated alkanes) is 2. The molecule has 0 bridgehead atoms. The van der Waals surface area contributed by atoms with E-state index >= 15 is 0 Å². The molecule has 0 atom stereocenters. The lowest BCUT2D eigenvalue weighted by molar-refractivity contribution is 0.0696. The standard InChI is InChI=1S/C27H31NO4/c1-3-5-9-24-25(22-18-21(27(30)31)14-15-23(22)32-24)26(29)20-12-10-19(11-13-20)8-7-17-28-16-6-4-2/h7-8,10-15,18,28H,3-6,9,16-17H2,1-2H3,(H,30,31). The number of aryl methyl sites for hydroxylation is 1. The van der Waals surface area contributed by atoms with Crippen LogP contribution in [0.4, 0.5) is 0 Å². The molecule has 2 aromatic carbocycles. The maximum atomic E-state index is 13.4. The number of hydrogen-bond donors (Lipinski definition) is 2. The van der Waals surface area contributed by atoms with Gasteiger partial charge in [-0.3, -0.25) is 4.79 Å². The van der Waals surface area contributed by atoms with E-state index in [1.165, 1.54) is 25.0 Å². The van der Waals surface area contributed by atoms with Gasteiger partial charge in [0.05, 0.1) is 11.1 Å². The Balaban J connectivity index is 1.85. The monoisotopic (exact) mass is 433 g/mol. The Morgan fingerprint density at radius 1 is 1.00 bits per heavy atom. The molecular weight excluding hydrogens is 402 g/mol. The predicted octanol–water partition coefficient (Wildman–Crippen LogP) is 6.11. The van der Waals surface area contributed by atoms with Crippen molar-refractivity contribution in [3.63, 3.8) is 0 Å². The summed E-state index contributed by atoms with van der Waals surface area (Å²) in [6.07, 6.45) is 8.96. The normalized spacial score (nSPS) is 11.4. The topological polar surface area (TPSA) is 79.5 Å². The molecule has 0 radical (unpaired) electrons. The van der Waals surface area contributed by atoms with Crippen molar-refractivity contribution >= 4 is 28.8 Å². The Labute approximate surface area is 189 Å². The fourth-order valence-corrected chi connectivity index (χ4v) is 3.62. The number of furan rings is 1. The SMILES string of the molecule is CCCCNCC=Cc1ccc(C(=O)c2c(CCCC)oc3ccc(C(=O)O)cc23)cc1. The summed E-state index contributed by atoms with van der Waals surface area (Å²) in [5, 5.41) is 13.3. The molecule has 168 valence electrons. The highest BCUT2D eigenvalue weighted by molar-refractivity contribution is 6.17. The zero-order valence-corrected chi connectivity index (χ0v) is 18.8. The molecular formula is C27H31NO4. The molecule has 0 aliphatic rings. The third-order valence-electron chi connectivity index (χ3n) is 5.44. The van der Waals surface area contributed by atoms with Gasteiger partial charge in [-0.1, -0.05) is 63.1 Å². The number of carboxylic acids is 1. The molecule has 5 nitrogen and oxygen atoms in total. The van der Waals surface area contributed by atoms with Gasteiger partial charge in [-0.25, -0.2) is 4.79 Å². The molecule has 1 aromatic heterocycles. The minimum absolute atomic E-state index is 0.141. The first kappa shape index (κ1) is 23.5. The Morgan fingerprint density at radius 2 is 1.72 bits per heavy atom. The molecule has 32 heavy (non-hydrogen) atoms. The molecule has 0 saturated carbocycles. The van der Waals surface area contributed by atoms with Crippen molar-refractivity contribution in [1.82, 2.24) is 5.32 Å². The van der Waals surface area contributed by atoms with Crippen LogP contribution in [0.2, 0.25) is 0 Å². The lowest BCUT2D eigenvalue weighted by atomic mass is 9.97. The number of benzene rings is 2. The number of ketones is 1. The molecule has 0 saturated heterocycles. The van der Waals surface area contributed by atoms with Gasteiger partial charge in [-0.05, 0) is 43.1 Å². The van der Waals surface area contributed by atoms with Gasteiger partial charge in [-0.15, -0.1) is 0 Å². The van der Waals surface area contributed by atoms with Gasteiger partial charge in [0.25, 0.3) is 0 Å². The van der Waals surface area contributed by atoms with E-state index in [4.69, 9.17) is 4.42 Å². The van der Waals surface area contributed by atoms with Crippen LogP contribution in [-0.4, -0.2) is 29.9 Å². The van der Waals surface area contributed by atoms with Crippen LogP contribution >= 0.6 is 0 Å². The third-order valence-corrected chi connectivity index (χ3v) is 5.44. The van der Waals surface area contributed by atoms with Crippen LogP contribution in [0.1, 0.15) is 77.1 Å². The molecule has 3 rings (SSSR count). The highest BCUT2D eigenvalue weighted by Gasteiger charge is 2.22. The lowest BCUT2D eigenvalue weighted by Gasteiger charge is -2.04. The Hall–Kier alpha value is -3.18. The first-order valence-electron chi connectivity index (χ1n) is 11.4. The van der Waals surface area contributed by atoms with Crippen molar-refractivity contribution in [3.05, 3.63) is 76.6 Å². The number of aromatic carboxylic acids is 1. The molecule has 0 fully saturated rings. The van der Waals surface area contributed by atoms with Crippen molar-refractivity contribution in [1.29, 1.82) is 0 Å². The predicted molar refractivity (Wildman–Crippen MR) is 128 cm³/mol. The second-order valence-corrected chi connectivity index (χ2v) is 7.93. The smallest absolute Gasteiger partial charge is 0.335 e. The first-order chi connectivity index (χ1) is 15.5. The number of fused-ring (bicyclic) bond motifs is 1. The van der Waals surface area contributed by atoms with Gasteiger partial charge >= 0.3 is 5.97 Å². The van der Waals surface area contributed by atoms with Crippen LogP contribution < -0.4 is 5.32 Å². The van der Waals surface area contributed by atoms with Crippen molar-refractivity contribution in [2.45, 2.75) is 46.0 Å². The number of carboxylic acid groups (broad SMARTS) is 1. The summed E-state index contributed by atoms with van der Waals surface area (Å²) in [5.74, 6) is -0.549. The van der Waals surface area contributed by atoms with Crippen molar-refractivity contribution < 1.29 is 19.1 Å². The molecule has 1 heterocycles. The highest BCUT2D eigenvalue weighted by Crippen LogP contribution is 2.30. The van der Waals surface area contributed by atoms with Gasteiger partial charge in [-0.2, -0.15) is 0 Å². The summed E-state index contributed by atoms with van der Waals surface area (Å²) in [5.41, 5.74) is 2.74. The third kappa shape index (κ3) is 5.74. The van der Waals surface area contributed by atoms with Crippen molar-refractivity contribution in [2.75, 3.05) is 13.1 Å². The van der Waals surface area contributed by atoms with E-state index in [0.717, 1.165) is 31.5 Å². The Bertz CT molecular complexity index is 1090. The average molecular weight is 434 g/mol. The average Bonchev–Trinajstić information content (AvgIpc) is 3.17. The van der Waals surface area contributed by atoms with Crippen molar-refractivity contribution in [3.8, 4) is 0 Å². The van der Waals surface area contributed by atoms with Crippen LogP contribution in [0, 0.1) is 0 Å². The number of carbonyl (C=O) groups is 2. The van der Waals surface area contributed by atoms with Gasteiger partial charge in [0.15, 0.2) is 5.78 Å². The van der Waals surface area contributed by atoms with Crippen LogP contribution in [0.25, 0.3) is 17.0 Å². The van der Waals surface area contributed by atoms with Gasteiger partial charge < -0.3 is 14.8 Å². The summed E-state index contributed by atoms with van der Waals surface area (Å²) in [7, 11) is 0. The number of hydrogen-bond acceptors (Lipinski definition) is 4. The van der Waals surface area contributed by atoms with E-state index < -0.39 is 5.97 Å². The fraction of sp³-hybridized carbons (Fsp3) is 0.333. The summed E-state index contributed by atoms with van der Waals surface area (Å²) in [4.78, 5) is 24.9. The van der Waals surface area contributed by atoms with Gasteiger partial charge in [0.2, 0.25) is 0 Å². The number of carbonyl (C=O) groups excluding carboxylic acids is 1. The van der Waals surface area contributed by atoms with E-state index in [0.29, 0.717) is 34.3 Å². The second-order valence-electron chi connectivity index (χ2n) is 7.93. The second kappa shape index (κ2) is 11.4. The molecule has 2 N–H and O–H groups in total. The quantitative estimate of drug-likeness (QED) is 0.266. The molecule has 3 aromatic rings. The Morgan fingerprint density at radius 3 is 2.41 bits per heavy atom. The molecule has 5 heteroatoms. The molecule has 0 aliphatic heterocycles. The zero-order chi connectivity index (χ0) is 22.9. The van der Waals surface area contributed by atoms with Crippen LogP contribution in [0.3, 0.4) is 0 Å². The lowest BCUT2D eigenvalue weighted by Crippen LogP contribution is -2.14. The van der Waals surface area contributed by atoms with Crippen LogP contribution in [-0.2, 0) is 6.42 Å². The van der Waals surface area contributed by atoms with E-state index in [1.807, 2.05) is 30.3 Å². The minimum Gasteiger partial charge on any atom is -0.478 e. The summed E-state index contributed by atoms with van der Waals surface area (Å²) in [6.45, 7) is 6.08. The fourth-order valence-electron chi connectivity index (χ4n) is 3.62. The van der Waals surface area contributed by atoms with E-state index in [2.05, 4.69) is 25.2 Å². The van der Waals surface area contributed by atoms with Crippen molar-refractivity contribution in [2.24, 2.45) is 0 Å². The summed E-state index contributed by atoms with van der Waals surface area (Å²) < 4.78 is 5.96. The number of rotatable bonds is 12. The molecule has 0 amide bonds. The highest BCUT2D eigenvalue weighted by atomic mass is 16.4. The van der Waals surface area contributed by atoms with Crippen LogP contribution in [0.15, 0.2) is 53.0 Å². The summed E-state index contributed by atoms with van der Waals surface area (Å²) >= 11 is 0. The zero-order valence-electron chi connectivity index (χ0n) is 18.8. The maximum absolute atomic E-state index is 13.4. The van der Waals surface area contributed by atoms with Crippen LogP contribution in [0.5, 0.6) is 0 Å². The largest absolute Gasteiger partial charge is 0.478 e. The summed E-state index contributed by atoms with van der Waals surface area (Å²) in [6, 6.07) is 12.1. The van der Waals surface area contributed by atoms with Gasteiger partial charge in [0, 0.05) is 23.9 Å².